The molecule has 0 saturated carbocycles. The Hall–Kier alpha value is -0.130. The fraction of sp³-hybridized carbons (Fsp3) is 0.375. The van der Waals surface area contributed by atoms with Gasteiger partial charge in [-0.1, -0.05) is 0 Å². The largest absolute Gasteiger partial charge is 0.361 e. The fourth-order valence-electron chi connectivity index (χ4n) is 0.850. The number of halogens is 2. The van der Waals surface area contributed by atoms with Gasteiger partial charge in [-0.05, 0) is 44.8 Å². The normalized spacial score (nSPS) is 10.4. The SMILES string of the molecule is CCOCn1cc(Br)cc(Br)c1=O. The van der Waals surface area contributed by atoms with Crippen LogP contribution in [0, 0.1) is 0 Å². The van der Waals surface area contributed by atoms with Crippen LogP contribution >= 0.6 is 31.9 Å². The maximum atomic E-state index is 11.4. The molecule has 0 radical (unpaired) electrons. The van der Waals surface area contributed by atoms with Gasteiger partial charge in [0.25, 0.3) is 5.56 Å². The zero-order valence-corrected chi connectivity index (χ0v) is 10.3. The van der Waals surface area contributed by atoms with Gasteiger partial charge in [0.2, 0.25) is 0 Å². The van der Waals surface area contributed by atoms with Crippen LogP contribution in [0.25, 0.3) is 0 Å². The Labute approximate surface area is 93.0 Å². The second-order valence-electron chi connectivity index (χ2n) is 2.40. The van der Waals surface area contributed by atoms with E-state index in [0.29, 0.717) is 11.1 Å². The van der Waals surface area contributed by atoms with E-state index >= 15 is 0 Å². The summed E-state index contributed by atoms with van der Waals surface area (Å²) in [6.07, 6.45) is 1.70. The maximum Gasteiger partial charge on any atom is 0.266 e. The number of hydrogen-bond donors (Lipinski definition) is 0. The summed E-state index contributed by atoms with van der Waals surface area (Å²) in [5.41, 5.74) is -0.0864. The molecule has 0 aliphatic rings. The van der Waals surface area contributed by atoms with E-state index in [2.05, 4.69) is 31.9 Å². The van der Waals surface area contributed by atoms with Gasteiger partial charge in [-0.25, -0.2) is 0 Å². The smallest absolute Gasteiger partial charge is 0.266 e. The van der Waals surface area contributed by atoms with E-state index in [1.54, 1.807) is 12.3 Å². The van der Waals surface area contributed by atoms with Gasteiger partial charge >= 0.3 is 0 Å². The van der Waals surface area contributed by atoms with Crippen molar-refractivity contribution in [1.82, 2.24) is 4.57 Å². The molecular weight excluding hydrogens is 302 g/mol. The Morgan fingerprint density at radius 1 is 1.54 bits per heavy atom. The molecule has 0 aliphatic carbocycles. The summed E-state index contributed by atoms with van der Waals surface area (Å²) in [5, 5.41) is 0. The molecule has 0 fully saturated rings. The molecular formula is C8H9Br2NO2. The van der Waals surface area contributed by atoms with Crippen LogP contribution in [-0.4, -0.2) is 11.2 Å². The highest BCUT2D eigenvalue weighted by molar-refractivity contribution is 9.11. The van der Waals surface area contributed by atoms with Crippen molar-refractivity contribution in [2.45, 2.75) is 13.7 Å². The summed E-state index contributed by atoms with van der Waals surface area (Å²) in [5.74, 6) is 0. The van der Waals surface area contributed by atoms with E-state index in [0.717, 1.165) is 4.47 Å². The van der Waals surface area contributed by atoms with E-state index in [4.69, 9.17) is 4.74 Å². The minimum atomic E-state index is -0.0864. The van der Waals surface area contributed by atoms with Crippen molar-refractivity contribution in [1.29, 1.82) is 0 Å². The van der Waals surface area contributed by atoms with Crippen LogP contribution in [0.5, 0.6) is 0 Å². The van der Waals surface area contributed by atoms with Crippen molar-refractivity contribution < 1.29 is 4.74 Å². The van der Waals surface area contributed by atoms with Crippen molar-refractivity contribution in [2.24, 2.45) is 0 Å². The van der Waals surface area contributed by atoms with Crippen molar-refractivity contribution in [3.8, 4) is 0 Å². The number of aromatic nitrogens is 1. The van der Waals surface area contributed by atoms with Crippen LogP contribution in [-0.2, 0) is 11.5 Å². The van der Waals surface area contributed by atoms with E-state index in [1.807, 2.05) is 6.92 Å². The lowest BCUT2D eigenvalue weighted by Gasteiger charge is -2.06. The highest BCUT2D eigenvalue weighted by Crippen LogP contribution is 2.12. The van der Waals surface area contributed by atoms with Crippen molar-refractivity contribution in [3.05, 3.63) is 31.6 Å². The van der Waals surface area contributed by atoms with Crippen molar-refractivity contribution >= 4 is 31.9 Å². The molecule has 0 atom stereocenters. The maximum absolute atomic E-state index is 11.4. The number of ether oxygens (including phenoxy) is 1. The Morgan fingerprint density at radius 3 is 2.85 bits per heavy atom. The quantitative estimate of drug-likeness (QED) is 0.858. The molecule has 0 saturated heterocycles. The second kappa shape index (κ2) is 4.93. The van der Waals surface area contributed by atoms with Gasteiger partial charge in [-0.3, -0.25) is 9.36 Å². The molecule has 72 valence electrons. The number of rotatable bonds is 3. The predicted molar refractivity (Wildman–Crippen MR) is 57.7 cm³/mol. The van der Waals surface area contributed by atoms with Gasteiger partial charge in [-0.2, -0.15) is 0 Å². The fourth-order valence-corrected chi connectivity index (χ4v) is 2.11. The summed E-state index contributed by atoms with van der Waals surface area (Å²) < 4.78 is 8.00. The number of hydrogen-bond acceptors (Lipinski definition) is 2. The van der Waals surface area contributed by atoms with Crippen LogP contribution in [0.2, 0.25) is 0 Å². The first kappa shape index (κ1) is 10.9. The monoisotopic (exact) mass is 309 g/mol. The van der Waals surface area contributed by atoms with Crippen LogP contribution in [0.4, 0.5) is 0 Å². The number of nitrogens with zero attached hydrogens (tertiary/aromatic N) is 1. The molecule has 0 aromatic carbocycles. The van der Waals surface area contributed by atoms with E-state index < -0.39 is 0 Å². The Bertz CT molecular complexity index is 348. The van der Waals surface area contributed by atoms with Crippen LogP contribution in [0.3, 0.4) is 0 Å². The molecule has 0 N–H and O–H groups in total. The molecule has 1 rings (SSSR count). The Morgan fingerprint density at radius 2 is 2.23 bits per heavy atom. The van der Waals surface area contributed by atoms with Crippen molar-refractivity contribution in [2.75, 3.05) is 6.61 Å². The highest BCUT2D eigenvalue weighted by Gasteiger charge is 2.01. The van der Waals surface area contributed by atoms with Gasteiger partial charge in [0.05, 0.1) is 4.47 Å². The average Bonchev–Trinajstić information content (AvgIpc) is 2.09. The summed E-state index contributed by atoms with van der Waals surface area (Å²) >= 11 is 6.46. The van der Waals surface area contributed by atoms with Gasteiger partial charge in [0.1, 0.15) is 6.73 Å². The summed E-state index contributed by atoms with van der Waals surface area (Å²) in [6, 6.07) is 1.71. The third-order valence-electron chi connectivity index (χ3n) is 1.44. The second-order valence-corrected chi connectivity index (χ2v) is 4.17. The molecule has 0 aliphatic heterocycles. The molecule has 5 heteroatoms. The van der Waals surface area contributed by atoms with Gasteiger partial charge < -0.3 is 4.74 Å². The third-order valence-corrected chi connectivity index (χ3v) is 2.45. The standard InChI is InChI=1S/C8H9Br2NO2/c1-2-13-5-11-4-6(9)3-7(10)8(11)12/h3-4H,2,5H2,1H3. The van der Waals surface area contributed by atoms with Crippen molar-refractivity contribution in [3.63, 3.8) is 0 Å². The summed E-state index contributed by atoms with van der Waals surface area (Å²) in [7, 11) is 0. The van der Waals surface area contributed by atoms with E-state index in [1.165, 1.54) is 4.57 Å². The molecule has 1 heterocycles. The first-order chi connectivity index (χ1) is 6.15. The van der Waals surface area contributed by atoms with Crippen LogP contribution < -0.4 is 5.56 Å². The summed E-state index contributed by atoms with van der Waals surface area (Å²) in [6.45, 7) is 2.77. The van der Waals surface area contributed by atoms with Gasteiger partial charge in [0, 0.05) is 17.3 Å². The lowest BCUT2D eigenvalue weighted by molar-refractivity contribution is 0.0851. The molecule has 3 nitrogen and oxygen atoms in total. The lowest BCUT2D eigenvalue weighted by Crippen LogP contribution is -2.21. The van der Waals surface area contributed by atoms with E-state index in [-0.39, 0.29) is 12.3 Å². The molecule has 0 amide bonds. The summed E-state index contributed by atoms with van der Waals surface area (Å²) in [4.78, 5) is 11.4. The Kier molecular flexibility index (Phi) is 4.15. The molecule has 13 heavy (non-hydrogen) atoms. The van der Waals surface area contributed by atoms with Gasteiger partial charge in [-0.15, -0.1) is 0 Å². The predicted octanol–water partition coefficient (Wildman–Crippen LogP) is 2.37. The van der Waals surface area contributed by atoms with E-state index in [9.17, 15) is 4.79 Å². The highest BCUT2D eigenvalue weighted by atomic mass is 79.9. The Balaban J connectivity index is 2.99. The number of pyridine rings is 1. The average molecular weight is 311 g/mol. The van der Waals surface area contributed by atoms with Gasteiger partial charge in [0.15, 0.2) is 0 Å². The third kappa shape index (κ3) is 2.93. The zero-order valence-electron chi connectivity index (χ0n) is 7.09. The molecule has 0 unspecified atom stereocenters. The molecule has 1 aromatic rings. The lowest BCUT2D eigenvalue weighted by atomic mass is 10.5. The molecule has 1 aromatic heterocycles. The zero-order chi connectivity index (χ0) is 9.84. The first-order valence-electron chi connectivity index (χ1n) is 3.78. The first-order valence-corrected chi connectivity index (χ1v) is 5.37. The minimum Gasteiger partial charge on any atom is -0.361 e. The molecule has 0 bridgehead atoms. The molecule has 0 spiro atoms. The van der Waals surface area contributed by atoms with Crippen LogP contribution in [0.1, 0.15) is 6.92 Å². The van der Waals surface area contributed by atoms with Crippen LogP contribution in [0.15, 0.2) is 26.0 Å². The minimum absolute atomic E-state index is 0.0864. The topological polar surface area (TPSA) is 31.2 Å².